The van der Waals surface area contributed by atoms with Crippen LogP contribution in [-0.4, -0.2) is 29.1 Å². The summed E-state index contributed by atoms with van der Waals surface area (Å²) in [6, 6.07) is 7.23. The van der Waals surface area contributed by atoms with Crippen LogP contribution in [0.15, 0.2) is 36.5 Å². The fourth-order valence-corrected chi connectivity index (χ4v) is 2.54. The third-order valence-corrected chi connectivity index (χ3v) is 3.78. The Balaban J connectivity index is 1.62. The standard InChI is InChI=1S/C16H18F3N5/c17-16(18,19)12-3-1-2-11(8-12)9-22-14-5-7-21-15(24-14)23-13-4-6-20-10-13/h1-3,5,7-8,13,20H,4,6,9-10H2,(H2,21,22,23,24). The van der Waals surface area contributed by atoms with E-state index in [2.05, 4.69) is 25.9 Å². The van der Waals surface area contributed by atoms with Gasteiger partial charge in [0.1, 0.15) is 5.82 Å². The number of nitrogens with zero attached hydrogens (tertiary/aromatic N) is 2. The highest BCUT2D eigenvalue weighted by Crippen LogP contribution is 2.29. The molecule has 2 aromatic rings. The minimum absolute atomic E-state index is 0.255. The number of anilines is 2. The molecule has 3 rings (SSSR count). The van der Waals surface area contributed by atoms with Gasteiger partial charge in [0.25, 0.3) is 0 Å². The number of halogens is 3. The third kappa shape index (κ3) is 4.35. The van der Waals surface area contributed by atoms with Crippen molar-refractivity contribution in [3.8, 4) is 0 Å². The van der Waals surface area contributed by atoms with E-state index in [9.17, 15) is 13.2 Å². The fraction of sp³-hybridized carbons (Fsp3) is 0.375. The molecule has 0 aliphatic carbocycles. The van der Waals surface area contributed by atoms with Gasteiger partial charge in [-0.1, -0.05) is 12.1 Å². The maximum Gasteiger partial charge on any atom is 0.416 e. The van der Waals surface area contributed by atoms with Gasteiger partial charge in [-0.05, 0) is 36.7 Å². The van der Waals surface area contributed by atoms with Gasteiger partial charge in [0.2, 0.25) is 5.95 Å². The summed E-state index contributed by atoms with van der Waals surface area (Å²) in [6.07, 6.45) is -1.71. The Morgan fingerprint density at radius 3 is 2.88 bits per heavy atom. The molecular formula is C16H18F3N5. The lowest BCUT2D eigenvalue weighted by Gasteiger charge is -2.13. The van der Waals surface area contributed by atoms with Gasteiger partial charge >= 0.3 is 6.18 Å². The highest BCUT2D eigenvalue weighted by atomic mass is 19.4. The largest absolute Gasteiger partial charge is 0.416 e. The second-order valence-corrected chi connectivity index (χ2v) is 5.65. The van der Waals surface area contributed by atoms with Crippen LogP contribution in [0.3, 0.4) is 0 Å². The first kappa shape index (κ1) is 16.5. The lowest BCUT2D eigenvalue weighted by atomic mass is 10.1. The molecule has 1 atom stereocenters. The van der Waals surface area contributed by atoms with Crippen LogP contribution in [0.5, 0.6) is 0 Å². The van der Waals surface area contributed by atoms with Gasteiger partial charge in [0.05, 0.1) is 5.56 Å². The first-order chi connectivity index (χ1) is 11.5. The molecule has 2 heterocycles. The summed E-state index contributed by atoms with van der Waals surface area (Å²) in [5.41, 5.74) is -0.112. The zero-order valence-electron chi connectivity index (χ0n) is 12.9. The van der Waals surface area contributed by atoms with Crippen molar-refractivity contribution in [2.45, 2.75) is 25.2 Å². The van der Waals surface area contributed by atoms with E-state index in [0.717, 1.165) is 31.6 Å². The van der Waals surface area contributed by atoms with Gasteiger partial charge in [-0.3, -0.25) is 0 Å². The van der Waals surface area contributed by atoms with E-state index in [1.54, 1.807) is 18.3 Å². The number of rotatable bonds is 5. The number of hydrogen-bond acceptors (Lipinski definition) is 5. The van der Waals surface area contributed by atoms with Gasteiger partial charge in [-0.2, -0.15) is 18.2 Å². The van der Waals surface area contributed by atoms with E-state index < -0.39 is 11.7 Å². The summed E-state index contributed by atoms with van der Waals surface area (Å²) in [5, 5.41) is 9.51. The average Bonchev–Trinajstić information content (AvgIpc) is 3.06. The summed E-state index contributed by atoms with van der Waals surface area (Å²) in [6.45, 7) is 2.09. The predicted molar refractivity (Wildman–Crippen MR) is 85.7 cm³/mol. The molecule has 1 aliphatic heterocycles. The Morgan fingerprint density at radius 2 is 2.12 bits per heavy atom. The van der Waals surface area contributed by atoms with Crippen LogP contribution in [0.25, 0.3) is 0 Å². The quantitative estimate of drug-likeness (QED) is 0.783. The second-order valence-electron chi connectivity index (χ2n) is 5.65. The molecule has 0 radical (unpaired) electrons. The highest BCUT2D eigenvalue weighted by Gasteiger charge is 2.30. The summed E-state index contributed by atoms with van der Waals surface area (Å²) in [7, 11) is 0. The van der Waals surface area contributed by atoms with Crippen molar-refractivity contribution in [2.75, 3.05) is 23.7 Å². The van der Waals surface area contributed by atoms with E-state index >= 15 is 0 Å². The molecule has 0 saturated carbocycles. The van der Waals surface area contributed by atoms with Crippen molar-refractivity contribution in [3.05, 3.63) is 47.7 Å². The van der Waals surface area contributed by atoms with Gasteiger partial charge in [0, 0.05) is 25.3 Å². The smallest absolute Gasteiger partial charge is 0.366 e. The molecular weight excluding hydrogens is 319 g/mol. The Kier molecular flexibility index (Phi) is 4.84. The average molecular weight is 337 g/mol. The van der Waals surface area contributed by atoms with Gasteiger partial charge < -0.3 is 16.0 Å². The third-order valence-electron chi connectivity index (χ3n) is 3.78. The van der Waals surface area contributed by atoms with E-state index in [-0.39, 0.29) is 6.54 Å². The Hall–Kier alpha value is -2.35. The fourth-order valence-electron chi connectivity index (χ4n) is 2.54. The monoisotopic (exact) mass is 337 g/mol. The van der Waals surface area contributed by atoms with Crippen LogP contribution < -0.4 is 16.0 Å². The van der Waals surface area contributed by atoms with Crippen LogP contribution in [-0.2, 0) is 12.7 Å². The van der Waals surface area contributed by atoms with Crippen molar-refractivity contribution < 1.29 is 13.2 Å². The molecule has 1 aliphatic rings. The van der Waals surface area contributed by atoms with Crippen molar-refractivity contribution in [1.82, 2.24) is 15.3 Å². The van der Waals surface area contributed by atoms with Crippen LogP contribution in [0.4, 0.5) is 24.9 Å². The first-order valence-electron chi connectivity index (χ1n) is 7.71. The molecule has 1 unspecified atom stereocenters. The van der Waals surface area contributed by atoms with Gasteiger partial charge in [0.15, 0.2) is 0 Å². The van der Waals surface area contributed by atoms with Crippen LogP contribution >= 0.6 is 0 Å². The van der Waals surface area contributed by atoms with Crippen molar-refractivity contribution in [3.63, 3.8) is 0 Å². The van der Waals surface area contributed by atoms with Crippen molar-refractivity contribution >= 4 is 11.8 Å². The molecule has 0 amide bonds. The Labute approximate surface area is 137 Å². The molecule has 8 heteroatoms. The number of nitrogens with one attached hydrogen (secondary N) is 3. The molecule has 5 nitrogen and oxygen atoms in total. The van der Waals surface area contributed by atoms with Crippen LogP contribution in [0.1, 0.15) is 17.5 Å². The summed E-state index contributed by atoms with van der Waals surface area (Å²) in [5.74, 6) is 1.08. The molecule has 0 spiro atoms. The Bertz CT molecular complexity index is 683. The first-order valence-corrected chi connectivity index (χ1v) is 7.71. The molecule has 0 bridgehead atoms. The van der Waals surface area contributed by atoms with E-state index in [0.29, 0.717) is 23.4 Å². The van der Waals surface area contributed by atoms with Gasteiger partial charge in [-0.25, -0.2) is 4.98 Å². The van der Waals surface area contributed by atoms with E-state index in [1.807, 2.05) is 0 Å². The molecule has 1 aromatic heterocycles. The predicted octanol–water partition coefficient (Wildman–Crippen LogP) is 2.88. The van der Waals surface area contributed by atoms with Crippen LogP contribution in [0, 0.1) is 0 Å². The lowest BCUT2D eigenvalue weighted by Crippen LogP contribution is -2.23. The molecule has 128 valence electrons. The summed E-state index contributed by atoms with van der Waals surface area (Å²) in [4.78, 5) is 8.50. The normalized spacial score (nSPS) is 17.7. The lowest BCUT2D eigenvalue weighted by molar-refractivity contribution is -0.137. The van der Waals surface area contributed by atoms with Crippen molar-refractivity contribution in [2.24, 2.45) is 0 Å². The molecule has 1 fully saturated rings. The molecule has 1 saturated heterocycles. The topological polar surface area (TPSA) is 61.9 Å². The SMILES string of the molecule is FC(F)(F)c1cccc(CNc2ccnc(NC3CCNC3)n2)c1. The Morgan fingerprint density at radius 1 is 1.25 bits per heavy atom. The number of benzene rings is 1. The minimum Gasteiger partial charge on any atom is -0.366 e. The number of aromatic nitrogens is 2. The zero-order valence-corrected chi connectivity index (χ0v) is 12.9. The van der Waals surface area contributed by atoms with E-state index in [1.165, 1.54) is 6.07 Å². The maximum atomic E-state index is 12.7. The van der Waals surface area contributed by atoms with E-state index in [4.69, 9.17) is 0 Å². The molecule has 1 aromatic carbocycles. The number of hydrogen-bond donors (Lipinski definition) is 3. The summed E-state index contributed by atoms with van der Waals surface area (Å²) >= 11 is 0. The number of alkyl halides is 3. The second kappa shape index (κ2) is 7.04. The molecule has 3 N–H and O–H groups in total. The zero-order chi connectivity index (χ0) is 17.0. The van der Waals surface area contributed by atoms with Crippen molar-refractivity contribution in [1.29, 1.82) is 0 Å². The summed E-state index contributed by atoms with van der Waals surface area (Å²) < 4.78 is 38.2. The van der Waals surface area contributed by atoms with Gasteiger partial charge in [-0.15, -0.1) is 0 Å². The highest BCUT2D eigenvalue weighted by molar-refractivity contribution is 5.41. The maximum absolute atomic E-state index is 12.7. The van der Waals surface area contributed by atoms with Crippen LogP contribution in [0.2, 0.25) is 0 Å². The minimum atomic E-state index is -4.34. The molecule has 24 heavy (non-hydrogen) atoms.